The van der Waals surface area contributed by atoms with E-state index in [0.717, 1.165) is 73.7 Å². The van der Waals surface area contributed by atoms with Gasteiger partial charge in [-0.2, -0.15) is 5.10 Å². The van der Waals surface area contributed by atoms with Gasteiger partial charge in [-0.05, 0) is 87.3 Å². The minimum absolute atomic E-state index is 0.0566. The van der Waals surface area contributed by atoms with Crippen LogP contribution in [-0.2, 0) is 22.4 Å². The van der Waals surface area contributed by atoms with Crippen molar-refractivity contribution in [1.29, 1.82) is 0 Å². The Labute approximate surface area is 281 Å². The average Bonchev–Trinajstić information content (AvgIpc) is 3.43. The summed E-state index contributed by atoms with van der Waals surface area (Å²) < 4.78 is 17.8. The lowest BCUT2D eigenvalue weighted by molar-refractivity contribution is 0.0494. The van der Waals surface area contributed by atoms with Gasteiger partial charge in [-0.25, -0.2) is 24.2 Å². The van der Waals surface area contributed by atoms with Gasteiger partial charge in [-0.15, -0.1) is 0 Å². The maximum absolute atomic E-state index is 12.6. The molecule has 1 N–H and O–H groups in total. The highest BCUT2D eigenvalue weighted by molar-refractivity contribution is 5.95. The molecule has 0 spiro atoms. The van der Waals surface area contributed by atoms with Gasteiger partial charge in [0.2, 0.25) is 0 Å². The number of nitrogens with one attached hydrogen (secondary N) is 1. The van der Waals surface area contributed by atoms with Gasteiger partial charge in [0.25, 0.3) is 0 Å². The third-order valence-electron chi connectivity index (χ3n) is 9.17. The molecule has 2 aliphatic heterocycles. The molecule has 1 fully saturated rings. The van der Waals surface area contributed by atoms with E-state index in [9.17, 15) is 9.59 Å². The maximum Gasteiger partial charge on any atom is 0.407 e. The fourth-order valence-corrected chi connectivity index (χ4v) is 6.46. The molecule has 12 heteroatoms. The quantitative estimate of drug-likeness (QED) is 0.230. The molecule has 0 radical (unpaired) electrons. The van der Waals surface area contributed by atoms with E-state index >= 15 is 0 Å². The zero-order valence-electron chi connectivity index (χ0n) is 28.7. The molecule has 0 bridgehead atoms. The van der Waals surface area contributed by atoms with Crippen molar-refractivity contribution in [3.63, 3.8) is 0 Å². The number of anilines is 3. The molecule has 2 aliphatic rings. The van der Waals surface area contributed by atoms with Crippen LogP contribution in [0.2, 0.25) is 0 Å². The lowest BCUT2D eigenvalue weighted by atomic mass is 9.80. The van der Waals surface area contributed by atoms with Crippen LogP contribution < -0.4 is 19.9 Å². The zero-order valence-corrected chi connectivity index (χ0v) is 28.7. The van der Waals surface area contributed by atoms with Crippen molar-refractivity contribution < 1.29 is 23.8 Å². The number of carbonyl (C=O) groups is 2. The lowest BCUT2D eigenvalue weighted by Crippen LogP contribution is -2.46. The van der Waals surface area contributed by atoms with Gasteiger partial charge in [-0.3, -0.25) is 0 Å². The maximum atomic E-state index is 12.6. The average molecular weight is 656 g/mol. The predicted octanol–water partition coefficient (Wildman–Crippen LogP) is 5.89. The van der Waals surface area contributed by atoms with Gasteiger partial charge in [-0.1, -0.05) is 25.1 Å². The molecule has 48 heavy (non-hydrogen) atoms. The fourth-order valence-electron chi connectivity index (χ4n) is 6.46. The van der Waals surface area contributed by atoms with Crippen molar-refractivity contribution in [3.05, 3.63) is 65.4 Å². The van der Waals surface area contributed by atoms with E-state index in [1.165, 1.54) is 7.11 Å². The number of nitrogens with zero attached hydrogens (tertiary/aromatic N) is 6. The highest BCUT2D eigenvalue weighted by Crippen LogP contribution is 2.38. The minimum atomic E-state index is -0.533. The molecule has 0 atom stereocenters. The van der Waals surface area contributed by atoms with Crippen LogP contribution in [0.25, 0.3) is 11.2 Å². The molecule has 4 heterocycles. The molecule has 0 saturated carbocycles. The van der Waals surface area contributed by atoms with Crippen LogP contribution in [0.1, 0.15) is 68.4 Å². The second-order valence-electron chi connectivity index (χ2n) is 13.9. The molecule has 6 rings (SSSR count). The number of piperidine rings is 1. The summed E-state index contributed by atoms with van der Waals surface area (Å²) in [6.45, 7) is 11.1. The molecule has 12 nitrogen and oxygen atoms in total. The summed E-state index contributed by atoms with van der Waals surface area (Å²) in [4.78, 5) is 39.5. The van der Waals surface area contributed by atoms with Crippen molar-refractivity contribution in [2.75, 3.05) is 50.2 Å². The Hall–Kier alpha value is -4.87. The van der Waals surface area contributed by atoms with Crippen LogP contribution in [0.15, 0.2) is 48.7 Å². The summed E-state index contributed by atoms with van der Waals surface area (Å²) in [5.41, 5.74) is 4.32. The molecule has 0 unspecified atom stereocenters. The van der Waals surface area contributed by atoms with Crippen LogP contribution in [0, 0.1) is 5.41 Å². The number of benzene rings is 2. The molecule has 1 amide bonds. The Kier molecular flexibility index (Phi) is 9.18. The Morgan fingerprint density at radius 2 is 1.77 bits per heavy atom. The largest absolute Gasteiger partial charge is 0.497 e. The number of alkyl carbamates (subject to hydrolysis) is 1. The van der Waals surface area contributed by atoms with Crippen LogP contribution in [-0.4, -0.2) is 77.8 Å². The zero-order chi connectivity index (χ0) is 34.1. The van der Waals surface area contributed by atoms with Gasteiger partial charge >= 0.3 is 12.1 Å². The van der Waals surface area contributed by atoms with Gasteiger partial charge in [0.15, 0.2) is 17.0 Å². The van der Waals surface area contributed by atoms with Gasteiger partial charge in [0.1, 0.15) is 17.2 Å². The van der Waals surface area contributed by atoms with Crippen LogP contribution in [0.3, 0.4) is 0 Å². The van der Waals surface area contributed by atoms with Crippen LogP contribution >= 0.6 is 0 Å². The minimum Gasteiger partial charge on any atom is -0.497 e. The van der Waals surface area contributed by atoms with E-state index < -0.39 is 5.60 Å². The first-order valence-electron chi connectivity index (χ1n) is 16.5. The molecule has 254 valence electrons. The smallest absolute Gasteiger partial charge is 0.407 e. The fraction of sp³-hybridized carbons (Fsp3) is 0.472. The summed E-state index contributed by atoms with van der Waals surface area (Å²) in [5.74, 6) is 1.95. The Morgan fingerprint density at radius 3 is 2.46 bits per heavy atom. The highest BCUT2D eigenvalue weighted by atomic mass is 16.6. The number of rotatable bonds is 8. The second-order valence-corrected chi connectivity index (χ2v) is 13.9. The normalized spacial score (nSPS) is 16.0. The first kappa shape index (κ1) is 33.0. The Balaban J connectivity index is 1.30. The van der Waals surface area contributed by atoms with Crippen molar-refractivity contribution in [2.45, 2.75) is 65.5 Å². The molecular formula is C36H45N7O5. The van der Waals surface area contributed by atoms with E-state index in [1.807, 2.05) is 74.1 Å². The summed E-state index contributed by atoms with van der Waals surface area (Å²) in [5, 5.41) is 8.08. The number of methoxy groups -OCH3 is 2. The number of ether oxygens (including phenoxy) is 3. The van der Waals surface area contributed by atoms with Gasteiger partial charge in [0, 0.05) is 31.9 Å². The van der Waals surface area contributed by atoms with Crippen molar-refractivity contribution in [3.8, 4) is 5.75 Å². The molecular weight excluding hydrogens is 610 g/mol. The van der Waals surface area contributed by atoms with Crippen LogP contribution in [0.5, 0.6) is 5.75 Å². The number of fused-ring (bicyclic) bond motifs is 2. The van der Waals surface area contributed by atoms with E-state index in [-0.39, 0.29) is 17.5 Å². The van der Waals surface area contributed by atoms with Crippen molar-refractivity contribution in [1.82, 2.24) is 25.1 Å². The first-order chi connectivity index (χ1) is 23.0. The van der Waals surface area contributed by atoms with E-state index in [2.05, 4.69) is 22.0 Å². The topological polar surface area (TPSA) is 124 Å². The third kappa shape index (κ3) is 7.02. The molecule has 4 aromatic rings. The number of amides is 1. The number of aromatic nitrogens is 4. The summed E-state index contributed by atoms with van der Waals surface area (Å²) in [6.07, 6.45) is 4.84. The van der Waals surface area contributed by atoms with Crippen molar-refractivity contribution in [2.24, 2.45) is 5.41 Å². The molecule has 1 saturated heterocycles. The highest BCUT2D eigenvalue weighted by Gasteiger charge is 2.33. The molecule has 0 aliphatic carbocycles. The number of hydrogen-bond acceptors (Lipinski definition) is 10. The van der Waals surface area contributed by atoms with Crippen LogP contribution in [0.4, 0.5) is 22.1 Å². The molecule has 2 aromatic heterocycles. The van der Waals surface area contributed by atoms with Crippen molar-refractivity contribution >= 4 is 40.5 Å². The van der Waals surface area contributed by atoms with E-state index in [0.29, 0.717) is 35.6 Å². The van der Waals surface area contributed by atoms with Gasteiger partial charge in [0.05, 0.1) is 32.5 Å². The predicted molar refractivity (Wildman–Crippen MR) is 184 cm³/mol. The summed E-state index contributed by atoms with van der Waals surface area (Å²) in [6, 6.07) is 13.7. The number of hydrogen-bond donors (Lipinski definition) is 1. The lowest BCUT2D eigenvalue weighted by Gasteiger charge is -2.40. The van der Waals surface area contributed by atoms with E-state index in [1.54, 1.807) is 7.11 Å². The number of esters is 1. The molecule has 2 aromatic carbocycles. The summed E-state index contributed by atoms with van der Waals surface area (Å²) >= 11 is 0. The third-order valence-corrected chi connectivity index (χ3v) is 9.17. The Morgan fingerprint density at radius 1 is 1.02 bits per heavy atom. The standard InChI is InChI=1S/C36H45N7O5/c1-35(2,3)48-34(45)38-23-36(4)16-19-41(20-17-36)29-21-37-30-31(39-29)43(22-24-12-14-25(46-5)15-13-24)40-32(30)42-18-8-10-26-27(33(44)47-6)9-7-11-28(26)42/h7,9,11-15,21H,8,10,16-20,22-23H2,1-6H3,(H,38,45). The SMILES string of the molecule is COC(=O)c1cccc2c1CCCN2c1nn(Cc2ccc(OC)cc2)c2nc(N3CCC(C)(CNC(=O)OC(C)(C)C)CC3)cnc12. The monoisotopic (exact) mass is 655 g/mol. The number of carbonyl (C=O) groups excluding carboxylic acids is 2. The first-order valence-corrected chi connectivity index (χ1v) is 16.5. The van der Waals surface area contributed by atoms with Gasteiger partial charge < -0.3 is 29.3 Å². The van der Waals surface area contributed by atoms with E-state index in [4.69, 9.17) is 29.3 Å². The second kappa shape index (κ2) is 13.3. The Bertz CT molecular complexity index is 1790. The summed E-state index contributed by atoms with van der Waals surface area (Å²) in [7, 11) is 3.07.